The van der Waals surface area contributed by atoms with Gasteiger partial charge in [-0.3, -0.25) is 0 Å². The Hall–Kier alpha value is -2.50. The summed E-state index contributed by atoms with van der Waals surface area (Å²) >= 11 is 0. The first-order chi connectivity index (χ1) is 9.72. The van der Waals surface area contributed by atoms with Gasteiger partial charge in [-0.15, -0.1) is 0 Å². The Balaban J connectivity index is 2.13. The van der Waals surface area contributed by atoms with Crippen LogP contribution in [0.3, 0.4) is 0 Å². The van der Waals surface area contributed by atoms with E-state index in [0.717, 1.165) is 47.1 Å². The molecule has 100 valence electrons. The van der Waals surface area contributed by atoms with Crippen molar-refractivity contribution in [3.8, 4) is 0 Å². The van der Waals surface area contributed by atoms with Gasteiger partial charge in [0.05, 0.1) is 27.8 Å². The fraction of sp³-hybridized carbons (Fsp3) is 0.286. The molecule has 4 N–H and O–H groups in total. The highest BCUT2D eigenvalue weighted by molar-refractivity contribution is 6.07. The summed E-state index contributed by atoms with van der Waals surface area (Å²) in [4.78, 5) is 17.8. The molecule has 0 spiro atoms. The first-order valence-electron chi connectivity index (χ1n) is 6.73. The van der Waals surface area contributed by atoms with E-state index in [9.17, 15) is 0 Å². The minimum Gasteiger partial charge on any atom is -0.383 e. The molecule has 2 heterocycles. The molecule has 1 aliphatic carbocycles. The van der Waals surface area contributed by atoms with Gasteiger partial charge >= 0.3 is 0 Å². The van der Waals surface area contributed by atoms with Gasteiger partial charge in [0.15, 0.2) is 0 Å². The summed E-state index contributed by atoms with van der Waals surface area (Å²) in [7, 11) is 0. The molecule has 1 aliphatic rings. The number of aryl methyl sites for hydroxylation is 2. The van der Waals surface area contributed by atoms with Gasteiger partial charge < -0.3 is 11.5 Å². The second-order valence-corrected chi connectivity index (χ2v) is 5.12. The van der Waals surface area contributed by atoms with Crippen LogP contribution < -0.4 is 11.5 Å². The van der Waals surface area contributed by atoms with Crippen LogP contribution in [0, 0.1) is 0 Å². The van der Waals surface area contributed by atoms with Gasteiger partial charge in [0, 0.05) is 0 Å². The van der Waals surface area contributed by atoms with E-state index in [2.05, 4.69) is 9.97 Å². The number of rotatable bonds is 0. The third-order valence-electron chi connectivity index (χ3n) is 3.77. The first kappa shape index (κ1) is 11.3. The molecule has 0 unspecified atom stereocenters. The highest BCUT2D eigenvalue weighted by Gasteiger charge is 2.16. The summed E-state index contributed by atoms with van der Waals surface area (Å²) in [6.07, 6.45) is 4.33. The Kier molecular flexibility index (Phi) is 2.26. The zero-order valence-corrected chi connectivity index (χ0v) is 10.9. The van der Waals surface area contributed by atoms with Gasteiger partial charge in [-0.25, -0.2) is 15.0 Å². The molecule has 0 atom stereocenters. The van der Waals surface area contributed by atoms with Gasteiger partial charge in [-0.2, -0.15) is 4.98 Å². The maximum atomic E-state index is 6.00. The van der Waals surface area contributed by atoms with E-state index in [4.69, 9.17) is 21.4 Å². The number of nitrogen functional groups attached to an aromatic ring is 2. The zero-order chi connectivity index (χ0) is 13.7. The summed E-state index contributed by atoms with van der Waals surface area (Å²) in [5.74, 6) is 0.545. The van der Waals surface area contributed by atoms with E-state index in [1.807, 2.05) is 12.1 Å². The summed E-state index contributed by atoms with van der Waals surface area (Å²) in [5.41, 5.74) is 16.2. The maximum absolute atomic E-state index is 6.00. The Bertz CT molecular complexity index is 842. The van der Waals surface area contributed by atoms with E-state index >= 15 is 0 Å². The van der Waals surface area contributed by atoms with E-state index in [1.165, 1.54) is 6.42 Å². The number of hydrogen-bond donors (Lipinski definition) is 2. The Morgan fingerprint density at radius 2 is 1.50 bits per heavy atom. The number of aromatic nitrogens is 4. The lowest BCUT2D eigenvalue weighted by Crippen LogP contribution is -2.09. The number of nitrogens with zero attached hydrogens (tertiary/aromatic N) is 4. The van der Waals surface area contributed by atoms with Crippen LogP contribution in [-0.2, 0) is 12.8 Å². The van der Waals surface area contributed by atoms with Gasteiger partial charge in [-0.1, -0.05) is 0 Å². The van der Waals surface area contributed by atoms with Crippen LogP contribution in [0.15, 0.2) is 12.1 Å². The van der Waals surface area contributed by atoms with Crippen molar-refractivity contribution in [2.45, 2.75) is 25.7 Å². The molecule has 6 nitrogen and oxygen atoms in total. The third kappa shape index (κ3) is 1.57. The van der Waals surface area contributed by atoms with Crippen LogP contribution in [-0.4, -0.2) is 19.9 Å². The molecule has 1 aromatic carbocycles. The fourth-order valence-corrected chi connectivity index (χ4v) is 2.84. The summed E-state index contributed by atoms with van der Waals surface area (Å²) in [6.45, 7) is 0. The SMILES string of the molecule is Nc1nc(N)c2c(ccc3nc4c(nc32)CCCC4)n1. The largest absolute Gasteiger partial charge is 0.383 e. The molecule has 0 saturated carbocycles. The topological polar surface area (TPSA) is 104 Å². The second-order valence-electron chi connectivity index (χ2n) is 5.12. The van der Waals surface area contributed by atoms with Crippen molar-refractivity contribution in [2.75, 3.05) is 11.5 Å². The van der Waals surface area contributed by atoms with Crippen LogP contribution in [0.4, 0.5) is 11.8 Å². The number of anilines is 2. The standard InChI is InChI=1S/C14H14N6/c15-13-11-9(19-14(16)20-13)5-6-10-12(11)18-8-4-2-1-3-7(8)17-10/h5-6H,1-4H2,(H4,15,16,19,20). The van der Waals surface area contributed by atoms with Crippen molar-refractivity contribution < 1.29 is 0 Å². The minimum atomic E-state index is 0.181. The average Bonchev–Trinajstić information content (AvgIpc) is 2.44. The molecular formula is C14H14N6. The molecule has 0 fully saturated rings. The summed E-state index contributed by atoms with van der Waals surface area (Å²) in [5, 5.41) is 0.748. The normalized spacial score (nSPS) is 14.6. The fourth-order valence-electron chi connectivity index (χ4n) is 2.84. The zero-order valence-electron chi connectivity index (χ0n) is 10.9. The van der Waals surface area contributed by atoms with Crippen molar-refractivity contribution in [1.82, 2.24) is 19.9 Å². The predicted octanol–water partition coefficient (Wildman–Crippen LogP) is 1.62. The molecule has 6 heteroatoms. The third-order valence-corrected chi connectivity index (χ3v) is 3.77. The molecule has 0 amide bonds. The van der Waals surface area contributed by atoms with Crippen LogP contribution in [0.2, 0.25) is 0 Å². The van der Waals surface area contributed by atoms with Crippen molar-refractivity contribution in [3.05, 3.63) is 23.5 Å². The van der Waals surface area contributed by atoms with Crippen molar-refractivity contribution in [3.63, 3.8) is 0 Å². The van der Waals surface area contributed by atoms with Gasteiger partial charge in [0.2, 0.25) is 5.95 Å². The molecule has 0 saturated heterocycles. The van der Waals surface area contributed by atoms with Gasteiger partial charge in [0.1, 0.15) is 11.3 Å². The quantitative estimate of drug-likeness (QED) is 0.599. The molecule has 20 heavy (non-hydrogen) atoms. The number of nitrogens with two attached hydrogens (primary N) is 2. The molecule has 2 aromatic heterocycles. The summed E-state index contributed by atoms with van der Waals surface area (Å²) in [6, 6.07) is 3.79. The van der Waals surface area contributed by atoms with E-state index < -0.39 is 0 Å². The van der Waals surface area contributed by atoms with E-state index in [-0.39, 0.29) is 5.95 Å². The lowest BCUT2D eigenvalue weighted by Gasteiger charge is -2.15. The molecule has 0 bridgehead atoms. The smallest absolute Gasteiger partial charge is 0.222 e. The Morgan fingerprint density at radius 1 is 0.800 bits per heavy atom. The molecular weight excluding hydrogens is 252 g/mol. The molecule has 0 radical (unpaired) electrons. The lowest BCUT2D eigenvalue weighted by molar-refractivity contribution is 0.655. The van der Waals surface area contributed by atoms with Crippen LogP contribution in [0.25, 0.3) is 21.9 Å². The van der Waals surface area contributed by atoms with Crippen LogP contribution >= 0.6 is 0 Å². The van der Waals surface area contributed by atoms with Crippen molar-refractivity contribution >= 4 is 33.7 Å². The maximum Gasteiger partial charge on any atom is 0.222 e. The first-order valence-corrected chi connectivity index (χ1v) is 6.73. The molecule has 0 aliphatic heterocycles. The van der Waals surface area contributed by atoms with E-state index in [0.29, 0.717) is 11.3 Å². The second kappa shape index (κ2) is 4.00. The number of hydrogen-bond acceptors (Lipinski definition) is 6. The lowest BCUT2D eigenvalue weighted by atomic mass is 10.00. The molecule has 3 aromatic rings. The average molecular weight is 266 g/mol. The van der Waals surface area contributed by atoms with Crippen LogP contribution in [0.5, 0.6) is 0 Å². The minimum absolute atomic E-state index is 0.181. The van der Waals surface area contributed by atoms with Gasteiger partial charge in [-0.05, 0) is 37.8 Å². The van der Waals surface area contributed by atoms with Gasteiger partial charge in [0.25, 0.3) is 0 Å². The highest BCUT2D eigenvalue weighted by atomic mass is 15.0. The Labute approximate surface area is 115 Å². The van der Waals surface area contributed by atoms with Crippen molar-refractivity contribution in [2.24, 2.45) is 0 Å². The highest BCUT2D eigenvalue weighted by Crippen LogP contribution is 2.28. The monoisotopic (exact) mass is 266 g/mol. The predicted molar refractivity (Wildman–Crippen MR) is 78.1 cm³/mol. The number of benzene rings is 1. The molecule has 4 rings (SSSR count). The number of fused-ring (bicyclic) bond motifs is 4. The van der Waals surface area contributed by atoms with E-state index in [1.54, 1.807) is 0 Å². The Morgan fingerprint density at radius 3 is 2.30 bits per heavy atom. The summed E-state index contributed by atoms with van der Waals surface area (Å²) < 4.78 is 0. The van der Waals surface area contributed by atoms with Crippen LogP contribution in [0.1, 0.15) is 24.2 Å². The van der Waals surface area contributed by atoms with Crippen molar-refractivity contribution in [1.29, 1.82) is 0 Å².